The number of rotatable bonds is 3. The SMILES string of the molecule is Cc1nccc(CNc2ccc3[nH]c(=O)c(=O)[nH]c3c2)n1. The first-order valence-electron chi connectivity index (χ1n) is 6.40. The van der Waals surface area contributed by atoms with Gasteiger partial charge in [0.1, 0.15) is 5.82 Å². The molecule has 0 atom stereocenters. The average Bonchev–Trinajstić information content (AvgIpc) is 2.46. The number of nitrogens with one attached hydrogen (secondary N) is 3. The predicted octanol–water partition coefficient (Wildman–Crippen LogP) is 0.927. The van der Waals surface area contributed by atoms with Crippen LogP contribution in [0, 0.1) is 6.92 Å². The third-order valence-corrected chi connectivity index (χ3v) is 3.03. The first-order chi connectivity index (χ1) is 10.1. The van der Waals surface area contributed by atoms with E-state index in [2.05, 4.69) is 25.3 Å². The third kappa shape index (κ3) is 2.81. The van der Waals surface area contributed by atoms with E-state index < -0.39 is 11.1 Å². The van der Waals surface area contributed by atoms with Crippen molar-refractivity contribution in [3.05, 3.63) is 62.7 Å². The second-order valence-corrected chi connectivity index (χ2v) is 4.62. The first kappa shape index (κ1) is 13.0. The molecule has 0 amide bonds. The molecule has 1 aromatic carbocycles. The highest BCUT2D eigenvalue weighted by molar-refractivity contribution is 5.78. The van der Waals surface area contributed by atoms with Gasteiger partial charge in [0.05, 0.1) is 23.3 Å². The van der Waals surface area contributed by atoms with Gasteiger partial charge in [-0.15, -0.1) is 0 Å². The summed E-state index contributed by atoms with van der Waals surface area (Å²) in [5.41, 5.74) is 1.54. The zero-order chi connectivity index (χ0) is 14.8. The van der Waals surface area contributed by atoms with E-state index in [0.29, 0.717) is 17.6 Å². The Balaban J connectivity index is 1.86. The molecule has 7 nitrogen and oxygen atoms in total. The van der Waals surface area contributed by atoms with Crippen molar-refractivity contribution >= 4 is 16.7 Å². The maximum absolute atomic E-state index is 11.3. The maximum atomic E-state index is 11.3. The van der Waals surface area contributed by atoms with Gasteiger partial charge in [-0.1, -0.05) is 0 Å². The average molecular weight is 283 g/mol. The number of nitrogens with zero attached hydrogens (tertiary/aromatic N) is 2. The molecule has 0 aliphatic rings. The molecule has 0 aliphatic heterocycles. The van der Waals surface area contributed by atoms with Gasteiger partial charge >= 0.3 is 11.1 Å². The Hall–Kier alpha value is -2.96. The highest BCUT2D eigenvalue weighted by Crippen LogP contribution is 2.14. The summed E-state index contributed by atoms with van der Waals surface area (Å²) >= 11 is 0. The summed E-state index contributed by atoms with van der Waals surface area (Å²) in [6, 6.07) is 7.16. The number of hydrogen-bond acceptors (Lipinski definition) is 5. The smallest absolute Gasteiger partial charge is 0.314 e. The van der Waals surface area contributed by atoms with Crippen LogP contribution < -0.4 is 16.4 Å². The van der Waals surface area contributed by atoms with E-state index in [1.54, 1.807) is 18.3 Å². The lowest BCUT2D eigenvalue weighted by Crippen LogP contribution is -2.28. The van der Waals surface area contributed by atoms with Crippen LogP contribution in [-0.2, 0) is 6.54 Å². The second-order valence-electron chi connectivity index (χ2n) is 4.62. The number of aromatic nitrogens is 4. The molecule has 7 heteroatoms. The lowest BCUT2D eigenvalue weighted by Gasteiger charge is -2.07. The van der Waals surface area contributed by atoms with E-state index in [4.69, 9.17) is 0 Å². The van der Waals surface area contributed by atoms with E-state index in [0.717, 1.165) is 17.2 Å². The summed E-state index contributed by atoms with van der Waals surface area (Å²) in [4.78, 5) is 36.0. The zero-order valence-electron chi connectivity index (χ0n) is 11.3. The molecule has 0 unspecified atom stereocenters. The highest BCUT2D eigenvalue weighted by atomic mass is 16.2. The van der Waals surface area contributed by atoms with E-state index in [1.807, 2.05) is 19.1 Å². The topological polar surface area (TPSA) is 104 Å². The van der Waals surface area contributed by atoms with Crippen LogP contribution in [0.1, 0.15) is 11.5 Å². The van der Waals surface area contributed by atoms with Gasteiger partial charge in [-0.3, -0.25) is 9.59 Å². The fraction of sp³-hybridized carbons (Fsp3) is 0.143. The van der Waals surface area contributed by atoms with Crippen LogP contribution in [-0.4, -0.2) is 19.9 Å². The summed E-state index contributed by atoms with van der Waals surface area (Å²) in [7, 11) is 0. The largest absolute Gasteiger partial charge is 0.379 e. The molecule has 2 aromatic heterocycles. The summed E-state index contributed by atoms with van der Waals surface area (Å²) in [5, 5.41) is 3.21. The zero-order valence-corrected chi connectivity index (χ0v) is 11.3. The minimum absolute atomic E-state index is 0.544. The number of hydrogen-bond donors (Lipinski definition) is 3. The Bertz CT molecular complexity index is 913. The molecule has 0 saturated carbocycles. The van der Waals surface area contributed by atoms with Crippen molar-refractivity contribution in [1.82, 2.24) is 19.9 Å². The predicted molar refractivity (Wildman–Crippen MR) is 79.3 cm³/mol. The second kappa shape index (κ2) is 5.20. The molecular formula is C14H13N5O2. The Kier molecular flexibility index (Phi) is 3.23. The molecule has 3 aromatic rings. The number of H-pyrrole nitrogens is 2. The monoisotopic (exact) mass is 283 g/mol. The molecule has 0 bridgehead atoms. The highest BCUT2D eigenvalue weighted by Gasteiger charge is 2.01. The van der Waals surface area contributed by atoms with Crippen molar-refractivity contribution in [2.24, 2.45) is 0 Å². The van der Waals surface area contributed by atoms with Gasteiger partial charge in [0.2, 0.25) is 0 Å². The van der Waals surface area contributed by atoms with Crippen molar-refractivity contribution in [3.8, 4) is 0 Å². The van der Waals surface area contributed by atoms with Crippen LogP contribution >= 0.6 is 0 Å². The lowest BCUT2D eigenvalue weighted by molar-refractivity contribution is 0.955. The molecule has 106 valence electrons. The van der Waals surface area contributed by atoms with Gasteiger partial charge in [-0.2, -0.15) is 0 Å². The maximum Gasteiger partial charge on any atom is 0.314 e. The first-order valence-corrected chi connectivity index (χ1v) is 6.40. The van der Waals surface area contributed by atoms with Crippen LogP contribution in [0.2, 0.25) is 0 Å². The Labute approximate surface area is 119 Å². The lowest BCUT2D eigenvalue weighted by atomic mass is 10.2. The van der Waals surface area contributed by atoms with Crippen molar-refractivity contribution < 1.29 is 0 Å². The van der Waals surface area contributed by atoms with E-state index in [-0.39, 0.29) is 0 Å². The molecule has 0 radical (unpaired) electrons. The minimum Gasteiger partial charge on any atom is -0.379 e. The molecule has 0 saturated heterocycles. The van der Waals surface area contributed by atoms with Crippen LogP contribution in [0.5, 0.6) is 0 Å². The van der Waals surface area contributed by atoms with Gasteiger partial charge in [0.15, 0.2) is 0 Å². The van der Waals surface area contributed by atoms with Gasteiger partial charge in [0, 0.05) is 11.9 Å². The van der Waals surface area contributed by atoms with Crippen LogP contribution in [0.3, 0.4) is 0 Å². The van der Waals surface area contributed by atoms with E-state index in [1.165, 1.54) is 0 Å². The van der Waals surface area contributed by atoms with Crippen molar-refractivity contribution in [1.29, 1.82) is 0 Å². The van der Waals surface area contributed by atoms with Gasteiger partial charge in [0.25, 0.3) is 0 Å². The molecule has 0 aliphatic carbocycles. The Morgan fingerprint density at radius 2 is 1.86 bits per heavy atom. The molecule has 0 spiro atoms. The summed E-state index contributed by atoms with van der Waals surface area (Å²) in [5.74, 6) is 0.717. The molecule has 3 N–H and O–H groups in total. The fourth-order valence-corrected chi connectivity index (χ4v) is 2.02. The fourth-order valence-electron chi connectivity index (χ4n) is 2.02. The van der Waals surface area contributed by atoms with Crippen LogP contribution in [0.15, 0.2) is 40.1 Å². The number of aromatic amines is 2. The normalized spacial score (nSPS) is 10.7. The van der Waals surface area contributed by atoms with Gasteiger partial charge < -0.3 is 15.3 Å². The number of fused-ring (bicyclic) bond motifs is 1. The minimum atomic E-state index is -0.661. The number of anilines is 1. The number of aryl methyl sites for hydroxylation is 1. The van der Waals surface area contributed by atoms with E-state index in [9.17, 15) is 9.59 Å². The standard InChI is InChI=1S/C14H13N5O2/c1-8-15-5-4-10(17-8)7-16-9-2-3-11-12(6-9)19-14(21)13(20)18-11/h2-6,16H,7H2,1H3,(H,18,20)(H,19,21). The van der Waals surface area contributed by atoms with Gasteiger partial charge in [-0.05, 0) is 31.2 Å². The third-order valence-electron chi connectivity index (χ3n) is 3.03. The van der Waals surface area contributed by atoms with Gasteiger partial charge in [-0.25, -0.2) is 9.97 Å². The van der Waals surface area contributed by atoms with Crippen LogP contribution in [0.4, 0.5) is 5.69 Å². The molecule has 21 heavy (non-hydrogen) atoms. The van der Waals surface area contributed by atoms with E-state index >= 15 is 0 Å². The molecule has 2 heterocycles. The Morgan fingerprint density at radius 3 is 2.62 bits per heavy atom. The summed E-state index contributed by atoms with van der Waals surface area (Å²) in [6.45, 7) is 2.38. The van der Waals surface area contributed by atoms with Crippen molar-refractivity contribution in [2.75, 3.05) is 5.32 Å². The quantitative estimate of drug-likeness (QED) is 0.620. The Morgan fingerprint density at radius 1 is 1.10 bits per heavy atom. The number of benzene rings is 1. The summed E-state index contributed by atoms with van der Waals surface area (Å²) in [6.07, 6.45) is 1.71. The van der Waals surface area contributed by atoms with Crippen LogP contribution in [0.25, 0.3) is 11.0 Å². The van der Waals surface area contributed by atoms with Crippen molar-refractivity contribution in [3.63, 3.8) is 0 Å². The molecule has 3 rings (SSSR count). The summed E-state index contributed by atoms with van der Waals surface area (Å²) < 4.78 is 0. The molecular weight excluding hydrogens is 270 g/mol. The molecule has 0 fully saturated rings. The van der Waals surface area contributed by atoms with Crippen molar-refractivity contribution in [2.45, 2.75) is 13.5 Å².